The number of rotatable bonds is 13. The maximum absolute atomic E-state index is 12.2. The van der Waals surface area contributed by atoms with Crippen molar-refractivity contribution in [3.63, 3.8) is 0 Å². The number of allylic oxidation sites excluding steroid dienone is 1. The summed E-state index contributed by atoms with van der Waals surface area (Å²) in [5.74, 6) is 0. The van der Waals surface area contributed by atoms with Gasteiger partial charge in [0.25, 0.3) is 0 Å². The van der Waals surface area contributed by atoms with Gasteiger partial charge in [-0.1, -0.05) is 0 Å². The number of piperidine rings is 1. The Morgan fingerprint density at radius 2 is 1.57 bits per heavy atom. The summed E-state index contributed by atoms with van der Waals surface area (Å²) in [5, 5.41) is 12.2. The van der Waals surface area contributed by atoms with Gasteiger partial charge in [0.05, 0.1) is 0 Å². The standard InChI is InChI=1S/C15H20NO.3C4H9.Sn/c1-2-9-15(17)10-6-11-16(13-15)12-14-7-4-3-5-8-14;3*1-3-4-2;/h2-5,7-8,17H,6,10-13H2,1H3;3*1,3-4H2,2H3;. The molecule has 0 radical (unpaired) electrons. The molecule has 1 aliphatic heterocycles. The van der Waals surface area contributed by atoms with E-state index in [1.807, 2.05) is 0 Å². The number of benzene rings is 1. The summed E-state index contributed by atoms with van der Waals surface area (Å²) in [6.45, 7) is 12.1. The van der Waals surface area contributed by atoms with E-state index >= 15 is 0 Å². The van der Waals surface area contributed by atoms with Crippen LogP contribution in [0.3, 0.4) is 0 Å². The Hall–Kier alpha value is -0.321. The quantitative estimate of drug-likeness (QED) is 0.275. The second kappa shape index (κ2) is 13.3. The van der Waals surface area contributed by atoms with Crippen molar-refractivity contribution < 1.29 is 5.11 Å². The molecule has 3 heteroatoms. The van der Waals surface area contributed by atoms with Gasteiger partial charge in [0.1, 0.15) is 0 Å². The van der Waals surface area contributed by atoms with Crippen LogP contribution in [0.15, 0.2) is 40.0 Å². The van der Waals surface area contributed by atoms with E-state index in [9.17, 15) is 5.11 Å². The molecule has 1 heterocycles. The van der Waals surface area contributed by atoms with Gasteiger partial charge >= 0.3 is 192 Å². The molecular weight excluding hydrogens is 473 g/mol. The van der Waals surface area contributed by atoms with Gasteiger partial charge in [-0.2, -0.15) is 0 Å². The number of hydrogen-bond donors (Lipinski definition) is 1. The van der Waals surface area contributed by atoms with E-state index in [0.717, 1.165) is 32.5 Å². The molecule has 30 heavy (non-hydrogen) atoms. The van der Waals surface area contributed by atoms with Crippen LogP contribution in [0.2, 0.25) is 13.3 Å². The molecule has 2 rings (SSSR count). The zero-order valence-corrected chi connectivity index (χ0v) is 23.1. The first-order valence-corrected chi connectivity index (χ1v) is 20.2. The third kappa shape index (κ3) is 7.10. The van der Waals surface area contributed by atoms with Gasteiger partial charge in [0.15, 0.2) is 0 Å². The predicted octanol–water partition coefficient (Wildman–Crippen LogP) is 7.35. The summed E-state index contributed by atoms with van der Waals surface area (Å²) >= 11 is -2.63. The van der Waals surface area contributed by atoms with Crippen molar-refractivity contribution in [3.05, 3.63) is 45.6 Å². The molecule has 1 unspecified atom stereocenters. The fourth-order valence-electron chi connectivity index (χ4n) is 5.71. The van der Waals surface area contributed by atoms with E-state index < -0.39 is 24.0 Å². The number of β-amino-alcohol motifs (C(OH)–C–C–N with tert-alkyl or cyclic N) is 1. The molecule has 0 aromatic heterocycles. The number of hydrogen-bond acceptors (Lipinski definition) is 2. The van der Waals surface area contributed by atoms with Crippen molar-refractivity contribution in [1.29, 1.82) is 0 Å². The van der Waals surface area contributed by atoms with Gasteiger partial charge in [0.2, 0.25) is 0 Å². The van der Waals surface area contributed by atoms with Crippen LogP contribution < -0.4 is 0 Å². The topological polar surface area (TPSA) is 23.5 Å². The van der Waals surface area contributed by atoms with E-state index in [0.29, 0.717) is 0 Å². The summed E-state index contributed by atoms with van der Waals surface area (Å²) in [5.41, 5.74) is 0.772. The van der Waals surface area contributed by atoms with Gasteiger partial charge in [-0.25, -0.2) is 0 Å². The van der Waals surface area contributed by atoms with Crippen LogP contribution in [0, 0.1) is 0 Å². The Balaban J connectivity index is 2.29. The normalized spacial score (nSPS) is 21.2. The Morgan fingerprint density at radius 3 is 2.07 bits per heavy atom. The zero-order chi connectivity index (χ0) is 21.9. The molecule has 0 spiro atoms. The van der Waals surface area contributed by atoms with Crippen LogP contribution in [0.5, 0.6) is 0 Å². The molecule has 2 nitrogen and oxygen atoms in total. The van der Waals surface area contributed by atoms with Gasteiger partial charge in [0, 0.05) is 0 Å². The summed E-state index contributed by atoms with van der Waals surface area (Å²) in [7, 11) is 0. The third-order valence-electron chi connectivity index (χ3n) is 7.19. The van der Waals surface area contributed by atoms with E-state index in [1.54, 1.807) is 3.59 Å². The molecule has 1 aromatic carbocycles. The molecule has 0 aliphatic carbocycles. The zero-order valence-electron chi connectivity index (χ0n) is 20.3. The Bertz CT molecular complexity index is 607. The van der Waals surface area contributed by atoms with Crippen molar-refractivity contribution in [2.24, 2.45) is 0 Å². The SMILES string of the molecule is C/C=[C](\C1(O)CCCN(Cc2ccccc2)C1)[Sn]([CH2]CCC)([CH2]CCC)[CH2]CCC. The Morgan fingerprint density at radius 1 is 1.00 bits per heavy atom. The van der Waals surface area contributed by atoms with Crippen molar-refractivity contribution in [3.8, 4) is 0 Å². The predicted molar refractivity (Wildman–Crippen MR) is 135 cm³/mol. The summed E-state index contributed by atoms with van der Waals surface area (Å²) in [6.07, 6.45) is 12.4. The van der Waals surface area contributed by atoms with Crippen molar-refractivity contribution in [2.75, 3.05) is 13.1 Å². The second-order valence-electron chi connectivity index (χ2n) is 9.62. The molecule has 1 aromatic rings. The summed E-state index contributed by atoms with van der Waals surface area (Å²) in [4.78, 5) is 2.51. The minimum absolute atomic E-state index is 0.590. The second-order valence-corrected chi connectivity index (χ2v) is 22.8. The molecule has 170 valence electrons. The fraction of sp³-hybridized carbons (Fsp3) is 0.704. The van der Waals surface area contributed by atoms with Gasteiger partial charge in [-0.05, 0) is 0 Å². The number of likely N-dealkylation sites (tertiary alicyclic amines) is 1. The van der Waals surface area contributed by atoms with E-state index in [1.165, 1.54) is 57.4 Å². The summed E-state index contributed by atoms with van der Waals surface area (Å²) < 4.78 is 5.88. The van der Waals surface area contributed by atoms with E-state index in [2.05, 4.69) is 69.0 Å². The van der Waals surface area contributed by atoms with Gasteiger partial charge in [-0.15, -0.1) is 0 Å². The van der Waals surface area contributed by atoms with Gasteiger partial charge < -0.3 is 0 Å². The molecule has 1 aliphatic rings. The maximum atomic E-state index is 12.2. The number of unbranched alkanes of at least 4 members (excludes halogenated alkanes) is 3. The molecule has 1 saturated heterocycles. The Labute approximate surface area is 191 Å². The van der Waals surface area contributed by atoms with Gasteiger partial charge in [-0.3, -0.25) is 0 Å². The average molecular weight is 520 g/mol. The van der Waals surface area contributed by atoms with E-state index in [4.69, 9.17) is 0 Å². The molecule has 0 amide bonds. The third-order valence-corrected chi connectivity index (χ3v) is 23.8. The molecule has 1 atom stereocenters. The first-order valence-electron chi connectivity index (χ1n) is 12.7. The van der Waals surface area contributed by atoms with Crippen LogP contribution in [0.25, 0.3) is 0 Å². The molecular formula is C27H47NOSn. The number of nitrogens with zero attached hydrogens (tertiary/aromatic N) is 1. The van der Waals surface area contributed by atoms with Crippen LogP contribution in [0.1, 0.15) is 84.6 Å². The molecule has 0 saturated carbocycles. The number of aliphatic hydroxyl groups is 1. The summed E-state index contributed by atoms with van der Waals surface area (Å²) in [6, 6.07) is 10.8. The van der Waals surface area contributed by atoms with E-state index in [-0.39, 0.29) is 0 Å². The molecule has 1 N–H and O–H groups in total. The van der Waals surface area contributed by atoms with Crippen molar-refractivity contribution in [1.82, 2.24) is 4.90 Å². The van der Waals surface area contributed by atoms with Crippen molar-refractivity contribution >= 4 is 18.4 Å². The monoisotopic (exact) mass is 521 g/mol. The van der Waals surface area contributed by atoms with Crippen LogP contribution in [-0.4, -0.2) is 47.1 Å². The first-order chi connectivity index (χ1) is 14.5. The van der Waals surface area contributed by atoms with Crippen LogP contribution in [0.4, 0.5) is 0 Å². The fourth-order valence-corrected chi connectivity index (χ4v) is 24.1. The minimum atomic E-state index is -2.63. The average Bonchev–Trinajstić information content (AvgIpc) is 2.75. The Kier molecular flexibility index (Phi) is 11.5. The van der Waals surface area contributed by atoms with Crippen molar-refractivity contribution in [2.45, 2.75) is 105 Å². The first kappa shape index (κ1) is 25.9. The molecule has 1 fully saturated rings. The molecule has 0 bridgehead atoms. The van der Waals surface area contributed by atoms with Crippen LogP contribution in [-0.2, 0) is 6.54 Å². The van der Waals surface area contributed by atoms with Crippen LogP contribution >= 0.6 is 0 Å².